The van der Waals surface area contributed by atoms with Crippen LogP contribution < -0.4 is 21.3 Å². The maximum absolute atomic E-state index is 14.0. The first-order valence-corrected chi connectivity index (χ1v) is 23.1. The minimum absolute atomic E-state index is 0.0277. The fraction of sp³-hybridized carbons (Fsp3) is 0.438. The van der Waals surface area contributed by atoms with Gasteiger partial charge in [-0.1, -0.05) is 45.0 Å². The van der Waals surface area contributed by atoms with Crippen LogP contribution in [0.2, 0.25) is 0 Å². The highest BCUT2D eigenvalue weighted by Gasteiger charge is 2.44. The number of aryl methyl sites for hydroxylation is 1. The first-order chi connectivity index (χ1) is 31.1. The van der Waals surface area contributed by atoms with Gasteiger partial charge in [0.05, 0.1) is 53.0 Å². The van der Waals surface area contributed by atoms with E-state index in [1.807, 2.05) is 70.2 Å². The quantitative estimate of drug-likeness (QED) is 0.0674. The molecule has 0 spiro atoms. The number of hydrogen-bond acceptors (Lipinski definition) is 11. The third kappa shape index (κ3) is 12.0. The van der Waals surface area contributed by atoms with E-state index in [0.717, 1.165) is 51.6 Å². The number of rotatable bonds is 17. The number of benzene rings is 3. The van der Waals surface area contributed by atoms with E-state index in [9.17, 15) is 29.1 Å². The Kier molecular flexibility index (Phi) is 15.1. The molecule has 17 heteroatoms. The Morgan fingerprint density at radius 2 is 1.71 bits per heavy atom. The zero-order valence-electron chi connectivity index (χ0n) is 37.6. The van der Waals surface area contributed by atoms with Crippen molar-refractivity contribution >= 4 is 57.6 Å². The maximum Gasteiger partial charge on any atom is 0.255 e. The minimum Gasteiger partial charge on any atom is -0.391 e. The summed E-state index contributed by atoms with van der Waals surface area (Å²) in [7, 11) is 0. The van der Waals surface area contributed by atoms with Gasteiger partial charge in [-0.25, -0.2) is 9.97 Å². The van der Waals surface area contributed by atoms with Crippen LogP contribution in [-0.2, 0) is 32.2 Å². The number of amides is 5. The van der Waals surface area contributed by atoms with Crippen LogP contribution >= 0.6 is 11.3 Å². The van der Waals surface area contributed by atoms with Crippen molar-refractivity contribution < 1.29 is 33.8 Å². The molecule has 7 rings (SSSR count). The minimum atomic E-state index is -0.969. The van der Waals surface area contributed by atoms with Crippen LogP contribution in [0.3, 0.4) is 0 Å². The SMILES string of the molecule is Cc1ncsc1-c1ccc(CNC(=O)[C@@H]2C[C@@H](O)CN2C(=O)[C@@H](NC(=O)CCOCCNC(=O)c2ccc(C(=O)Nc3ccc4[nH]c(CN5CCC[C@@H]5C)nc4c3)cc2)C(C)(C)C)cc1. The molecule has 6 N–H and O–H groups in total. The number of nitrogens with zero attached hydrogens (tertiary/aromatic N) is 4. The van der Waals surface area contributed by atoms with E-state index in [1.54, 1.807) is 41.1 Å². The van der Waals surface area contributed by atoms with Gasteiger partial charge in [0.2, 0.25) is 17.7 Å². The summed E-state index contributed by atoms with van der Waals surface area (Å²) >= 11 is 1.57. The molecule has 2 aromatic heterocycles. The largest absolute Gasteiger partial charge is 0.391 e. The van der Waals surface area contributed by atoms with Crippen molar-refractivity contribution in [3.63, 3.8) is 0 Å². The van der Waals surface area contributed by atoms with Gasteiger partial charge in [0, 0.05) is 55.3 Å². The molecule has 0 unspecified atom stereocenters. The number of aliphatic hydroxyl groups is 1. The molecule has 344 valence electrons. The van der Waals surface area contributed by atoms with Crippen molar-refractivity contribution in [3.05, 3.63) is 100 Å². The number of thiazole rings is 1. The summed E-state index contributed by atoms with van der Waals surface area (Å²) in [6.45, 7) is 12.1. The Morgan fingerprint density at radius 3 is 2.38 bits per heavy atom. The summed E-state index contributed by atoms with van der Waals surface area (Å²) in [6, 6.07) is 18.4. The number of ether oxygens (including phenoxy) is 1. The number of nitrogens with one attached hydrogen (secondary N) is 5. The molecule has 3 aromatic carbocycles. The average Bonchev–Trinajstić information content (AvgIpc) is 4.09. The van der Waals surface area contributed by atoms with E-state index < -0.39 is 35.4 Å². The van der Waals surface area contributed by atoms with Gasteiger partial charge in [-0.3, -0.25) is 28.9 Å². The van der Waals surface area contributed by atoms with Crippen molar-refractivity contribution in [2.24, 2.45) is 5.41 Å². The molecule has 5 aromatic rings. The van der Waals surface area contributed by atoms with Crippen LogP contribution in [0, 0.1) is 12.3 Å². The van der Waals surface area contributed by atoms with E-state index in [2.05, 4.69) is 43.1 Å². The van der Waals surface area contributed by atoms with Crippen molar-refractivity contribution in [3.8, 4) is 10.4 Å². The van der Waals surface area contributed by atoms with Gasteiger partial charge in [-0.15, -0.1) is 11.3 Å². The van der Waals surface area contributed by atoms with Gasteiger partial charge in [-0.05, 0) is 92.2 Å². The van der Waals surface area contributed by atoms with Gasteiger partial charge >= 0.3 is 0 Å². The molecular formula is C48H59N9O7S. The molecule has 4 heterocycles. The van der Waals surface area contributed by atoms with E-state index in [0.29, 0.717) is 22.9 Å². The summed E-state index contributed by atoms with van der Waals surface area (Å²) < 4.78 is 5.62. The first-order valence-electron chi connectivity index (χ1n) is 22.2. The Hall–Kier alpha value is -6.01. The van der Waals surface area contributed by atoms with E-state index in [1.165, 1.54) is 17.7 Å². The molecule has 0 bridgehead atoms. The highest BCUT2D eigenvalue weighted by molar-refractivity contribution is 7.13. The van der Waals surface area contributed by atoms with Crippen LogP contribution in [0.1, 0.15) is 91.2 Å². The number of fused-ring (bicyclic) bond motifs is 1. The molecule has 0 radical (unpaired) electrons. The fourth-order valence-corrected chi connectivity index (χ4v) is 9.04. The van der Waals surface area contributed by atoms with Crippen LogP contribution in [-0.4, -0.2) is 116 Å². The van der Waals surface area contributed by atoms with Gasteiger partial charge < -0.3 is 41.0 Å². The van der Waals surface area contributed by atoms with Crippen LogP contribution in [0.25, 0.3) is 21.5 Å². The summed E-state index contributed by atoms with van der Waals surface area (Å²) in [5.74, 6) is -1.00. The van der Waals surface area contributed by atoms with Gasteiger partial charge in [-0.2, -0.15) is 0 Å². The first kappa shape index (κ1) is 47.0. The standard InChI is InChI=1S/C48H59N9O7S/c1-29-7-6-20-56(29)27-40-53-37-17-16-35(23-38(37)54-40)52-45(61)34-14-12-33(13-15-34)44(60)49-19-22-64-21-18-41(59)55-43(48(3,4)5)47(63)57-26-36(58)24-39(57)46(62)50-25-31-8-10-32(11-9-31)42-30(2)51-28-65-42/h8-17,23,28-29,36,39,43,58H,6-7,18-22,24-27H2,1-5H3,(H,49,60)(H,50,62)(H,52,61)(H,53,54)(H,55,59)/t29-,36+,39-,43+/m0/s1. The van der Waals surface area contributed by atoms with Gasteiger partial charge in [0.25, 0.3) is 11.8 Å². The number of imidazole rings is 1. The summed E-state index contributed by atoms with van der Waals surface area (Å²) in [5, 5.41) is 22.0. The Morgan fingerprint density at radius 1 is 0.969 bits per heavy atom. The number of anilines is 1. The molecule has 4 atom stereocenters. The third-order valence-electron chi connectivity index (χ3n) is 12.0. The van der Waals surface area contributed by atoms with Crippen molar-refractivity contribution in [1.29, 1.82) is 0 Å². The topological polar surface area (TPSA) is 211 Å². The number of aromatic amines is 1. The van der Waals surface area contributed by atoms with Crippen molar-refractivity contribution in [2.45, 2.75) is 97.6 Å². The highest BCUT2D eigenvalue weighted by atomic mass is 32.1. The molecule has 2 fully saturated rings. The summed E-state index contributed by atoms with van der Waals surface area (Å²) in [5.41, 5.74) is 7.05. The van der Waals surface area contributed by atoms with Crippen molar-refractivity contribution in [1.82, 2.24) is 40.7 Å². The molecule has 65 heavy (non-hydrogen) atoms. The summed E-state index contributed by atoms with van der Waals surface area (Å²) in [6.07, 6.45) is 1.55. The lowest BCUT2D eigenvalue weighted by Crippen LogP contribution is -2.57. The highest BCUT2D eigenvalue weighted by Crippen LogP contribution is 2.29. The normalized spacial score (nSPS) is 18.1. The van der Waals surface area contributed by atoms with E-state index in [4.69, 9.17) is 9.72 Å². The summed E-state index contributed by atoms with van der Waals surface area (Å²) in [4.78, 5) is 83.6. The Labute approximate surface area is 382 Å². The Bertz CT molecular complexity index is 2480. The lowest BCUT2D eigenvalue weighted by Gasteiger charge is -2.35. The smallest absolute Gasteiger partial charge is 0.255 e. The fourth-order valence-electron chi connectivity index (χ4n) is 8.23. The van der Waals surface area contributed by atoms with Crippen LogP contribution in [0.5, 0.6) is 0 Å². The second-order valence-electron chi connectivity index (χ2n) is 18.0. The molecule has 2 saturated heterocycles. The number of likely N-dealkylation sites (tertiary alicyclic amines) is 2. The zero-order valence-corrected chi connectivity index (χ0v) is 38.4. The van der Waals surface area contributed by atoms with Crippen molar-refractivity contribution in [2.75, 3.05) is 38.2 Å². The molecule has 5 amide bonds. The predicted octanol–water partition coefficient (Wildman–Crippen LogP) is 5.18. The lowest BCUT2D eigenvalue weighted by atomic mass is 9.85. The number of aromatic nitrogens is 3. The number of carbonyl (C=O) groups is 5. The van der Waals surface area contributed by atoms with E-state index >= 15 is 0 Å². The molecular weight excluding hydrogens is 847 g/mol. The number of carbonyl (C=O) groups excluding carboxylic acids is 5. The molecule has 16 nitrogen and oxygen atoms in total. The lowest BCUT2D eigenvalue weighted by molar-refractivity contribution is -0.144. The Balaban J connectivity index is 0.816. The number of β-amino-alcohol motifs (C(OH)–C–C–N with tert-alkyl or cyclic N) is 1. The van der Waals surface area contributed by atoms with Gasteiger partial charge in [0.15, 0.2) is 0 Å². The molecule has 0 saturated carbocycles. The number of hydrogen-bond donors (Lipinski definition) is 6. The number of H-pyrrole nitrogens is 1. The molecule has 0 aliphatic carbocycles. The van der Waals surface area contributed by atoms with Crippen LogP contribution in [0.15, 0.2) is 72.2 Å². The maximum atomic E-state index is 14.0. The van der Waals surface area contributed by atoms with Crippen LogP contribution in [0.4, 0.5) is 5.69 Å². The average molecular weight is 906 g/mol. The number of aliphatic hydroxyl groups excluding tert-OH is 1. The van der Waals surface area contributed by atoms with Gasteiger partial charge in [0.1, 0.15) is 17.9 Å². The molecule has 2 aliphatic rings. The second-order valence-corrected chi connectivity index (χ2v) is 18.8. The molecule has 2 aliphatic heterocycles. The zero-order chi connectivity index (χ0) is 46.3. The van der Waals surface area contributed by atoms with E-state index in [-0.39, 0.29) is 63.4 Å². The third-order valence-corrected chi connectivity index (χ3v) is 12.9. The second kappa shape index (κ2) is 20.9. The predicted molar refractivity (Wildman–Crippen MR) is 249 cm³/mol. The monoisotopic (exact) mass is 905 g/mol.